The minimum absolute atomic E-state index is 0.471. The van der Waals surface area contributed by atoms with E-state index in [1.54, 1.807) is 13.4 Å². The van der Waals surface area contributed by atoms with E-state index in [0.717, 1.165) is 22.3 Å². The molecule has 68 valence electrons. The van der Waals surface area contributed by atoms with Crippen molar-refractivity contribution >= 4 is 11.0 Å². The molecule has 4 nitrogen and oxygen atoms in total. The number of ether oxygens (including phenoxy) is 1. The SMILES string of the molecule is COc1cc(CN)c2nc[nH]c2c1. The van der Waals surface area contributed by atoms with Gasteiger partial charge in [-0.1, -0.05) is 0 Å². The topological polar surface area (TPSA) is 63.9 Å². The molecule has 3 N–H and O–H groups in total. The van der Waals surface area contributed by atoms with E-state index in [4.69, 9.17) is 10.5 Å². The van der Waals surface area contributed by atoms with Crippen LogP contribution in [0.2, 0.25) is 0 Å². The monoisotopic (exact) mass is 177 g/mol. The minimum atomic E-state index is 0.471. The standard InChI is InChI=1S/C9H11N3O/c1-13-7-2-6(4-10)9-8(3-7)11-5-12-9/h2-3,5H,4,10H2,1H3,(H,11,12). The number of imidazole rings is 1. The quantitative estimate of drug-likeness (QED) is 0.720. The molecule has 1 heterocycles. The predicted molar refractivity (Wildman–Crippen MR) is 50.5 cm³/mol. The fourth-order valence-electron chi connectivity index (χ4n) is 1.37. The van der Waals surface area contributed by atoms with Gasteiger partial charge in [-0.05, 0) is 11.6 Å². The zero-order chi connectivity index (χ0) is 9.26. The van der Waals surface area contributed by atoms with Gasteiger partial charge >= 0.3 is 0 Å². The first-order chi connectivity index (χ1) is 6.35. The van der Waals surface area contributed by atoms with Crippen LogP contribution in [0.25, 0.3) is 11.0 Å². The molecule has 0 fully saturated rings. The number of nitrogens with one attached hydrogen (secondary N) is 1. The molecule has 0 spiro atoms. The van der Waals surface area contributed by atoms with Crippen LogP contribution < -0.4 is 10.5 Å². The van der Waals surface area contributed by atoms with E-state index in [1.807, 2.05) is 12.1 Å². The lowest BCUT2D eigenvalue weighted by Gasteiger charge is -2.03. The number of aromatic amines is 1. The number of hydrogen-bond acceptors (Lipinski definition) is 3. The predicted octanol–water partition coefficient (Wildman–Crippen LogP) is 1.03. The molecule has 13 heavy (non-hydrogen) atoms. The highest BCUT2D eigenvalue weighted by Crippen LogP contribution is 2.21. The summed E-state index contributed by atoms with van der Waals surface area (Å²) in [5, 5.41) is 0. The molecule has 2 aromatic rings. The fourth-order valence-corrected chi connectivity index (χ4v) is 1.37. The lowest BCUT2D eigenvalue weighted by molar-refractivity contribution is 0.415. The number of aromatic nitrogens is 2. The van der Waals surface area contributed by atoms with E-state index >= 15 is 0 Å². The van der Waals surface area contributed by atoms with Crippen molar-refractivity contribution in [3.05, 3.63) is 24.0 Å². The lowest BCUT2D eigenvalue weighted by atomic mass is 10.2. The van der Waals surface area contributed by atoms with Gasteiger partial charge in [0, 0.05) is 12.6 Å². The van der Waals surface area contributed by atoms with Crippen LogP contribution in [0.4, 0.5) is 0 Å². The molecule has 0 aliphatic carbocycles. The average Bonchev–Trinajstić information content (AvgIpc) is 2.63. The molecule has 1 aromatic heterocycles. The fraction of sp³-hybridized carbons (Fsp3) is 0.222. The zero-order valence-corrected chi connectivity index (χ0v) is 7.37. The van der Waals surface area contributed by atoms with Crippen LogP contribution >= 0.6 is 0 Å². The Labute approximate surface area is 75.7 Å². The number of benzene rings is 1. The van der Waals surface area contributed by atoms with Crippen LogP contribution in [0.15, 0.2) is 18.5 Å². The van der Waals surface area contributed by atoms with Crippen LogP contribution in [0.3, 0.4) is 0 Å². The molecule has 4 heteroatoms. The maximum absolute atomic E-state index is 5.59. The summed E-state index contributed by atoms with van der Waals surface area (Å²) in [6.45, 7) is 0.471. The third-order valence-corrected chi connectivity index (χ3v) is 2.03. The van der Waals surface area contributed by atoms with Crippen molar-refractivity contribution in [3.63, 3.8) is 0 Å². The smallest absolute Gasteiger partial charge is 0.121 e. The first-order valence-electron chi connectivity index (χ1n) is 4.05. The number of methoxy groups -OCH3 is 1. The Balaban J connectivity index is 2.70. The first-order valence-corrected chi connectivity index (χ1v) is 4.05. The molecular formula is C9H11N3O. The van der Waals surface area contributed by atoms with E-state index in [9.17, 15) is 0 Å². The van der Waals surface area contributed by atoms with Crippen molar-refractivity contribution in [2.45, 2.75) is 6.54 Å². The Bertz CT molecular complexity index is 422. The number of H-pyrrole nitrogens is 1. The second kappa shape index (κ2) is 3.06. The number of hydrogen-bond donors (Lipinski definition) is 2. The van der Waals surface area contributed by atoms with Crippen LogP contribution in [0, 0.1) is 0 Å². The van der Waals surface area contributed by atoms with E-state index in [2.05, 4.69) is 9.97 Å². The zero-order valence-electron chi connectivity index (χ0n) is 7.37. The first kappa shape index (κ1) is 8.07. The van der Waals surface area contributed by atoms with Gasteiger partial charge in [0.1, 0.15) is 5.75 Å². The van der Waals surface area contributed by atoms with Gasteiger partial charge in [0.25, 0.3) is 0 Å². The highest BCUT2D eigenvalue weighted by molar-refractivity contribution is 5.80. The third-order valence-electron chi connectivity index (χ3n) is 2.03. The summed E-state index contributed by atoms with van der Waals surface area (Å²) in [6.07, 6.45) is 1.66. The molecule has 0 saturated heterocycles. The largest absolute Gasteiger partial charge is 0.497 e. The Kier molecular flexibility index (Phi) is 1.90. The molecule has 0 amide bonds. The highest BCUT2D eigenvalue weighted by Gasteiger charge is 2.04. The second-order valence-corrected chi connectivity index (χ2v) is 2.79. The molecule has 0 saturated carbocycles. The van der Waals surface area contributed by atoms with Crippen molar-refractivity contribution in [1.29, 1.82) is 0 Å². The summed E-state index contributed by atoms with van der Waals surface area (Å²) in [6, 6.07) is 3.81. The van der Waals surface area contributed by atoms with Crippen molar-refractivity contribution < 1.29 is 4.74 Å². The van der Waals surface area contributed by atoms with E-state index in [0.29, 0.717) is 6.54 Å². The molecule has 0 atom stereocenters. The second-order valence-electron chi connectivity index (χ2n) is 2.79. The van der Waals surface area contributed by atoms with Gasteiger partial charge in [-0.3, -0.25) is 0 Å². The number of fused-ring (bicyclic) bond motifs is 1. The van der Waals surface area contributed by atoms with Crippen LogP contribution in [-0.2, 0) is 6.54 Å². The number of nitrogens with two attached hydrogens (primary N) is 1. The van der Waals surface area contributed by atoms with Gasteiger partial charge in [-0.2, -0.15) is 0 Å². The maximum atomic E-state index is 5.59. The molecule has 0 unspecified atom stereocenters. The summed E-state index contributed by atoms with van der Waals surface area (Å²) in [4.78, 5) is 7.20. The number of nitrogens with zero attached hydrogens (tertiary/aromatic N) is 1. The molecule has 0 radical (unpaired) electrons. The molecule has 0 aliphatic rings. The summed E-state index contributed by atoms with van der Waals surface area (Å²) in [7, 11) is 1.64. The van der Waals surface area contributed by atoms with Crippen LogP contribution in [0.1, 0.15) is 5.56 Å². The highest BCUT2D eigenvalue weighted by atomic mass is 16.5. The minimum Gasteiger partial charge on any atom is -0.497 e. The number of rotatable bonds is 2. The van der Waals surface area contributed by atoms with Crippen molar-refractivity contribution in [3.8, 4) is 5.75 Å². The van der Waals surface area contributed by atoms with Crippen molar-refractivity contribution in [2.75, 3.05) is 7.11 Å². The van der Waals surface area contributed by atoms with Gasteiger partial charge in [0.15, 0.2) is 0 Å². The third kappa shape index (κ3) is 1.25. The van der Waals surface area contributed by atoms with Gasteiger partial charge in [-0.25, -0.2) is 4.98 Å². The Morgan fingerprint density at radius 2 is 2.38 bits per heavy atom. The summed E-state index contributed by atoms with van der Waals surface area (Å²) < 4.78 is 5.13. The lowest BCUT2D eigenvalue weighted by Crippen LogP contribution is -1.98. The summed E-state index contributed by atoms with van der Waals surface area (Å²) in [5.41, 5.74) is 8.46. The van der Waals surface area contributed by atoms with Gasteiger partial charge < -0.3 is 15.5 Å². The molecule has 0 aliphatic heterocycles. The Hall–Kier alpha value is -1.55. The van der Waals surface area contributed by atoms with Crippen LogP contribution in [-0.4, -0.2) is 17.1 Å². The van der Waals surface area contributed by atoms with Crippen molar-refractivity contribution in [1.82, 2.24) is 9.97 Å². The van der Waals surface area contributed by atoms with Gasteiger partial charge in [0.05, 0.1) is 24.5 Å². The van der Waals surface area contributed by atoms with E-state index < -0.39 is 0 Å². The van der Waals surface area contributed by atoms with Gasteiger partial charge in [-0.15, -0.1) is 0 Å². The van der Waals surface area contributed by atoms with Crippen molar-refractivity contribution in [2.24, 2.45) is 5.73 Å². The van der Waals surface area contributed by atoms with Crippen LogP contribution in [0.5, 0.6) is 5.75 Å². The van der Waals surface area contributed by atoms with E-state index in [-0.39, 0.29) is 0 Å². The summed E-state index contributed by atoms with van der Waals surface area (Å²) >= 11 is 0. The molecule has 2 rings (SSSR count). The molecule has 1 aromatic carbocycles. The molecular weight excluding hydrogens is 166 g/mol. The molecule has 0 bridgehead atoms. The van der Waals surface area contributed by atoms with Gasteiger partial charge in [0.2, 0.25) is 0 Å². The Morgan fingerprint density at radius 1 is 1.54 bits per heavy atom. The normalized spacial score (nSPS) is 10.6. The Morgan fingerprint density at radius 3 is 3.08 bits per heavy atom. The maximum Gasteiger partial charge on any atom is 0.121 e. The van der Waals surface area contributed by atoms with E-state index in [1.165, 1.54) is 0 Å². The average molecular weight is 177 g/mol. The summed E-state index contributed by atoms with van der Waals surface area (Å²) in [5.74, 6) is 0.803.